The van der Waals surface area contributed by atoms with E-state index in [1.807, 2.05) is 0 Å². The fourth-order valence-corrected chi connectivity index (χ4v) is 3.37. The molecule has 1 heteroatoms. The minimum atomic E-state index is 0.743. The first-order chi connectivity index (χ1) is 9.88. The van der Waals surface area contributed by atoms with Crippen LogP contribution in [0.25, 0.3) is 0 Å². The van der Waals surface area contributed by atoms with Crippen LogP contribution in [0.2, 0.25) is 0 Å². The molecule has 1 nitrogen and oxygen atoms in total. The molecule has 0 saturated heterocycles. The Morgan fingerprint density at radius 1 is 1.00 bits per heavy atom. The van der Waals surface area contributed by atoms with E-state index in [9.17, 15) is 0 Å². The zero-order valence-corrected chi connectivity index (χ0v) is 12.1. The van der Waals surface area contributed by atoms with E-state index < -0.39 is 0 Å². The minimum Gasteiger partial charge on any atom is -0.319 e. The fraction of sp³-hybridized carbons (Fsp3) is 0.368. The van der Waals surface area contributed by atoms with Gasteiger partial charge in [0.05, 0.1) is 0 Å². The Morgan fingerprint density at radius 2 is 1.65 bits per heavy atom. The summed E-state index contributed by atoms with van der Waals surface area (Å²) in [4.78, 5) is 0. The van der Waals surface area contributed by atoms with E-state index in [1.54, 1.807) is 0 Å². The summed E-state index contributed by atoms with van der Waals surface area (Å²) in [5.41, 5.74) is 2.98. The topological polar surface area (TPSA) is 12.0 Å². The monoisotopic (exact) mass is 265 g/mol. The molecule has 0 bridgehead atoms. The molecule has 3 rings (SSSR count). The first-order valence-electron chi connectivity index (χ1n) is 7.62. The van der Waals surface area contributed by atoms with Crippen molar-refractivity contribution in [2.75, 3.05) is 13.6 Å². The molecular formula is C19H23N. The number of benzene rings is 2. The highest BCUT2D eigenvalue weighted by Gasteiger charge is 2.43. The third-order valence-corrected chi connectivity index (χ3v) is 4.48. The van der Waals surface area contributed by atoms with E-state index >= 15 is 0 Å². The van der Waals surface area contributed by atoms with E-state index in [-0.39, 0.29) is 0 Å². The zero-order chi connectivity index (χ0) is 13.8. The molecule has 0 amide bonds. The Hall–Kier alpha value is -1.60. The van der Waals surface area contributed by atoms with Gasteiger partial charge in [-0.05, 0) is 55.3 Å². The van der Waals surface area contributed by atoms with Gasteiger partial charge >= 0.3 is 0 Å². The van der Waals surface area contributed by atoms with Gasteiger partial charge in [-0.2, -0.15) is 0 Å². The third-order valence-electron chi connectivity index (χ3n) is 4.48. The largest absolute Gasteiger partial charge is 0.319 e. The predicted octanol–water partition coefficient (Wildman–Crippen LogP) is 3.87. The van der Waals surface area contributed by atoms with Crippen LogP contribution in [0, 0.1) is 11.8 Å². The summed E-state index contributed by atoms with van der Waals surface area (Å²) in [6.07, 6.45) is 2.54. The number of rotatable bonds is 6. The Bertz CT molecular complexity index is 520. The molecule has 1 N–H and O–H groups in total. The van der Waals surface area contributed by atoms with Gasteiger partial charge in [-0.25, -0.2) is 0 Å². The molecular weight excluding hydrogens is 242 g/mol. The summed E-state index contributed by atoms with van der Waals surface area (Å²) in [6, 6.07) is 21.9. The lowest BCUT2D eigenvalue weighted by molar-refractivity contribution is 0.431. The van der Waals surface area contributed by atoms with Crippen LogP contribution in [0.4, 0.5) is 0 Å². The lowest BCUT2D eigenvalue weighted by Crippen LogP contribution is -2.23. The molecule has 0 aromatic heterocycles. The summed E-state index contributed by atoms with van der Waals surface area (Å²) >= 11 is 0. The lowest BCUT2D eigenvalue weighted by Gasteiger charge is -2.17. The number of hydrogen-bond donors (Lipinski definition) is 1. The van der Waals surface area contributed by atoms with E-state index in [0.29, 0.717) is 0 Å². The Labute approximate surface area is 122 Å². The normalized spacial score (nSPS) is 22.4. The quantitative estimate of drug-likeness (QED) is 0.836. The van der Waals surface area contributed by atoms with Crippen molar-refractivity contribution in [1.29, 1.82) is 0 Å². The van der Waals surface area contributed by atoms with Gasteiger partial charge in [-0.1, -0.05) is 60.7 Å². The van der Waals surface area contributed by atoms with Crippen molar-refractivity contribution in [1.82, 2.24) is 5.32 Å². The molecule has 20 heavy (non-hydrogen) atoms. The summed E-state index contributed by atoms with van der Waals surface area (Å²) < 4.78 is 0. The van der Waals surface area contributed by atoms with Crippen LogP contribution < -0.4 is 5.32 Å². The number of nitrogens with one attached hydrogen (secondary N) is 1. The second-order valence-electron chi connectivity index (χ2n) is 5.92. The smallest absolute Gasteiger partial charge is 0.00175 e. The van der Waals surface area contributed by atoms with Gasteiger partial charge in [0, 0.05) is 0 Å². The molecule has 104 valence electrons. The molecule has 1 aliphatic rings. The van der Waals surface area contributed by atoms with Crippen molar-refractivity contribution < 1.29 is 0 Å². The standard InChI is InChI=1S/C19H23N/c1-20-14-17(12-15-8-4-2-5-9-15)19-13-18(19)16-10-6-3-7-11-16/h2-11,17-20H,12-14H2,1H3. The molecule has 3 atom stereocenters. The number of hydrogen-bond acceptors (Lipinski definition) is 1. The van der Waals surface area contributed by atoms with Gasteiger partial charge in [0.25, 0.3) is 0 Å². The molecule has 1 fully saturated rings. The maximum absolute atomic E-state index is 3.38. The molecule has 2 aromatic carbocycles. The highest BCUT2D eigenvalue weighted by molar-refractivity contribution is 5.27. The van der Waals surface area contributed by atoms with Crippen LogP contribution in [0.1, 0.15) is 23.5 Å². The fourth-order valence-electron chi connectivity index (χ4n) is 3.37. The van der Waals surface area contributed by atoms with Gasteiger partial charge in [-0.15, -0.1) is 0 Å². The van der Waals surface area contributed by atoms with Crippen LogP contribution in [0.5, 0.6) is 0 Å². The summed E-state index contributed by atoms with van der Waals surface area (Å²) in [5, 5.41) is 3.38. The summed E-state index contributed by atoms with van der Waals surface area (Å²) in [6.45, 7) is 1.11. The van der Waals surface area contributed by atoms with Gasteiger partial charge in [-0.3, -0.25) is 0 Å². The maximum atomic E-state index is 3.38. The second-order valence-corrected chi connectivity index (χ2v) is 5.92. The highest BCUT2D eigenvalue weighted by Crippen LogP contribution is 2.52. The average Bonchev–Trinajstić information content (AvgIpc) is 3.29. The lowest BCUT2D eigenvalue weighted by atomic mass is 9.92. The molecule has 0 spiro atoms. The molecule has 0 heterocycles. The molecule has 2 aromatic rings. The predicted molar refractivity (Wildman–Crippen MR) is 84.9 cm³/mol. The van der Waals surface area contributed by atoms with E-state index in [0.717, 1.165) is 24.3 Å². The Kier molecular flexibility index (Phi) is 4.17. The third kappa shape index (κ3) is 3.10. The van der Waals surface area contributed by atoms with Crippen LogP contribution in [0.15, 0.2) is 60.7 Å². The first-order valence-corrected chi connectivity index (χ1v) is 7.62. The van der Waals surface area contributed by atoms with Gasteiger partial charge < -0.3 is 5.32 Å². The van der Waals surface area contributed by atoms with Crippen molar-refractivity contribution in [3.8, 4) is 0 Å². The summed E-state index contributed by atoms with van der Waals surface area (Å²) in [7, 11) is 2.07. The molecule has 0 aliphatic heterocycles. The van der Waals surface area contributed by atoms with Crippen molar-refractivity contribution in [2.45, 2.75) is 18.8 Å². The highest BCUT2D eigenvalue weighted by atomic mass is 14.8. The van der Waals surface area contributed by atoms with Gasteiger partial charge in [0.15, 0.2) is 0 Å². The molecule has 1 saturated carbocycles. The van der Waals surface area contributed by atoms with Gasteiger partial charge in [0.2, 0.25) is 0 Å². The molecule has 3 unspecified atom stereocenters. The zero-order valence-electron chi connectivity index (χ0n) is 12.1. The maximum Gasteiger partial charge on any atom is -0.00175 e. The van der Waals surface area contributed by atoms with Crippen molar-refractivity contribution in [3.63, 3.8) is 0 Å². The van der Waals surface area contributed by atoms with E-state index in [4.69, 9.17) is 0 Å². The Balaban J connectivity index is 1.67. The van der Waals surface area contributed by atoms with Crippen molar-refractivity contribution in [2.24, 2.45) is 11.8 Å². The SMILES string of the molecule is CNCC(Cc1ccccc1)C1CC1c1ccccc1. The van der Waals surface area contributed by atoms with Crippen molar-refractivity contribution >= 4 is 0 Å². The summed E-state index contributed by atoms with van der Waals surface area (Å²) in [5.74, 6) is 2.36. The van der Waals surface area contributed by atoms with E-state index in [1.165, 1.54) is 24.0 Å². The second kappa shape index (κ2) is 6.23. The van der Waals surface area contributed by atoms with Crippen LogP contribution in [-0.4, -0.2) is 13.6 Å². The Morgan fingerprint density at radius 3 is 2.30 bits per heavy atom. The van der Waals surface area contributed by atoms with Crippen LogP contribution >= 0.6 is 0 Å². The molecule has 1 aliphatic carbocycles. The van der Waals surface area contributed by atoms with Crippen molar-refractivity contribution in [3.05, 3.63) is 71.8 Å². The van der Waals surface area contributed by atoms with Crippen LogP contribution in [-0.2, 0) is 6.42 Å². The average molecular weight is 265 g/mol. The first kappa shape index (κ1) is 13.4. The van der Waals surface area contributed by atoms with Crippen LogP contribution in [0.3, 0.4) is 0 Å². The minimum absolute atomic E-state index is 0.743. The molecule has 0 radical (unpaired) electrons. The van der Waals surface area contributed by atoms with E-state index in [2.05, 4.69) is 73.0 Å². The van der Waals surface area contributed by atoms with Gasteiger partial charge in [0.1, 0.15) is 0 Å².